The number of nitrogens with one attached hydrogen (secondary N) is 1. The number of anilines is 1. The molecule has 0 saturated carbocycles. The van der Waals surface area contributed by atoms with E-state index in [9.17, 15) is 9.90 Å². The van der Waals surface area contributed by atoms with E-state index in [2.05, 4.69) is 19.2 Å². The highest BCUT2D eigenvalue weighted by Crippen LogP contribution is 2.27. The van der Waals surface area contributed by atoms with E-state index in [1.807, 2.05) is 48.7 Å². The normalized spacial score (nSPS) is 15.7. The molecule has 1 aliphatic heterocycles. The van der Waals surface area contributed by atoms with Crippen LogP contribution >= 0.6 is 0 Å². The Morgan fingerprint density at radius 3 is 2.48 bits per heavy atom. The van der Waals surface area contributed by atoms with Gasteiger partial charge in [0.05, 0.1) is 0 Å². The lowest BCUT2D eigenvalue weighted by Gasteiger charge is -2.09. The molecule has 1 unspecified atom stereocenters. The molecule has 2 aromatic carbocycles. The summed E-state index contributed by atoms with van der Waals surface area (Å²) in [6, 6.07) is 16.5. The van der Waals surface area contributed by atoms with Gasteiger partial charge in [0.15, 0.2) is 6.04 Å². The van der Waals surface area contributed by atoms with Crippen molar-refractivity contribution in [1.29, 1.82) is 0 Å². The van der Waals surface area contributed by atoms with E-state index in [0.29, 0.717) is 6.42 Å². The van der Waals surface area contributed by atoms with Crippen molar-refractivity contribution in [2.45, 2.75) is 32.2 Å². The molecule has 5 nitrogen and oxygen atoms in total. The molecule has 2 heterocycles. The van der Waals surface area contributed by atoms with Crippen molar-refractivity contribution >= 4 is 11.7 Å². The summed E-state index contributed by atoms with van der Waals surface area (Å²) in [6.45, 7) is 4.16. The van der Waals surface area contributed by atoms with Gasteiger partial charge in [0.1, 0.15) is 23.3 Å². The molecule has 4 rings (SSSR count). The first-order chi connectivity index (χ1) is 13.0. The Labute approximate surface area is 158 Å². The van der Waals surface area contributed by atoms with Crippen LogP contribution in [0, 0.1) is 0 Å². The maximum absolute atomic E-state index is 13.0. The minimum Gasteiger partial charge on any atom is -0.508 e. The van der Waals surface area contributed by atoms with Crippen molar-refractivity contribution in [3.8, 4) is 17.0 Å². The van der Waals surface area contributed by atoms with Gasteiger partial charge in [-0.25, -0.2) is 9.78 Å². The fourth-order valence-corrected chi connectivity index (χ4v) is 3.39. The predicted molar refractivity (Wildman–Crippen MR) is 104 cm³/mol. The van der Waals surface area contributed by atoms with Crippen LogP contribution in [0.15, 0.2) is 60.8 Å². The van der Waals surface area contributed by atoms with Crippen molar-refractivity contribution in [2.24, 2.45) is 0 Å². The number of aromatic hydroxyl groups is 1. The number of benzene rings is 2. The molecular weight excluding hydrogens is 338 g/mol. The Kier molecular flexibility index (Phi) is 4.36. The molecule has 3 aromatic rings. The van der Waals surface area contributed by atoms with Gasteiger partial charge in [0, 0.05) is 17.9 Å². The number of phenolic OH excluding ortho intramolecular Hbond substituents is 1. The van der Waals surface area contributed by atoms with E-state index < -0.39 is 0 Å². The van der Waals surface area contributed by atoms with E-state index in [0.717, 1.165) is 28.3 Å². The summed E-state index contributed by atoms with van der Waals surface area (Å²) in [4.78, 5) is 17.9. The van der Waals surface area contributed by atoms with Gasteiger partial charge >= 0.3 is 11.7 Å². The highest BCUT2D eigenvalue weighted by Gasteiger charge is 2.41. The van der Waals surface area contributed by atoms with Crippen LogP contribution in [0.4, 0.5) is 5.82 Å². The van der Waals surface area contributed by atoms with Crippen LogP contribution in [0.1, 0.15) is 35.8 Å². The van der Waals surface area contributed by atoms with Gasteiger partial charge in [-0.3, -0.25) is 5.32 Å². The summed E-state index contributed by atoms with van der Waals surface area (Å²) in [5.41, 5.74) is 3.67. The topological polar surface area (TPSA) is 66.1 Å². The number of hydrogen-bond donors (Lipinski definition) is 2. The molecule has 0 amide bonds. The number of phenols is 1. The SMILES string of the molecule is CC(C)c1nc(-c2ccccc2)c[n+]2c1NC(Cc1ccc(O)cc1)C2=O. The van der Waals surface area contributed by atoms with Crippen LogP contribution in [-0.4, -0.2) is 22.0 Å². The molecule has 2 N–H and O–H groups in total. The number of fused-ring (bicyclic) bond motifs is 1. The zero-order valence-electron chi connectivity index (χ0n) is 15.4. The molecule has 5 heteroatoms. The molecule has 0 fully saturated rings. The average molecular weight is 360 g/mol. The van der Waals surface area contributed by atoms with Crippen LogP contribution in [0.25, 0.3) is 11.3 Å². The van der Waals surface area contributed by atoms with Crippen molar-refractivity contribution in [2.75, 3.05) is 5.32 Å². The molecule has 1 atom stereocenters. The summed E-state index contributed by atoms with van der Waals surface area (Å²) in [7, 11) is 0. The Bertz CT molecular complexity index is 982. The number of carbonyl (C=O) groups excluding carboxylic acids is 1. The van der Waals surface area contributed by atoms with E-state index in [4.69, 9.17) is 4.98 Å². The van der Waals surface area contributed by atoms with E-state index in [1.54, 1.807) is 16.7 Å². The lowest BCUT2D eigenvalue weighted by molar-refractivity contribution is -0.552. The number of nitrogens with zero attached hydrogens (tertiary/aromatic N) is 2. The van der Waals surface area contributed by atoms with Gasteiger partial charge in [-0.1, -0.05) is 56.3 Å². The first kappa shape index (κ1) is 17.2. The van der Waals surface area contributed by atoms with Crippen molar-refractivity contribution in [1.82, 2.24) is 4.98 Å². The second-order valence-corrected chi connectivity index (χ2v) is 7.16. The number of rotatable bonds is 4. The highest BCUT2D eigenvalue weighted by molar-refractivity contribution is 5.82. The third-order valence-corrected chi connectivity index (χ3v) is 4.81. The quantitative estimate of drug-likeness (QED) is 0.699. The smallest absolute Gasteiger partial charge is 0.359 e. The Hall–Kier alpha value is -3.21. The van der Waals surface area contributed by atoms with Crippen molar-refractivity contribution in [3.05, 3.63) is 72.1 Å². The summed E-state index contributed by atoms with van der Waals surface area (Å²) in [6.07, 6.45) is 2.38. The minimum absolute atomic E-state index is 0.0135. The van der Waals surface area contributed by atoms with Crippen LogP contribution in [-0.2, 0) is 6.42 Å². The van der Waals surface area contributed by atoms with E-state index in [1.165, 1.54) is 0 Å². The average Bonchev–Trinajstić information content (AvgIpc) is 2.99. The zero-order valence-corrected chi connectivity index (χ0v) is 15.4. The fraction of sp³-hybridized carbons (Fsp3) is 0.227. The molecule has 27 heavy (non-hydrogen) atoms. The molecular formula is C22H22N3O2+. The van der Waals surface area contributed by atoms with Crippen LogP contribution < -0.4 is 9.88 Å². The molecule has 0 aliphatic carbocycles. The highest BCUT2D eigenvalue weighted by atomic mass is 16.3. The Morgan fingerprint density at radius 2 is 1.81 bits per heavy atom. The second-order valence-electron chi connectivity index (χ2n) is 7.16. The largest absolute Gasteiger partial charge is 0.508 e. The molecule has 0 spiro atoms. The molecule has 1 aromatic heterocycles. The van der Waals surface area contributed by atoms with Crippen molar-refractivity contribution < 1.29 is 14.5 Å². The molecule has 1 aliphatic rings. The van der Waals surface area contributed by atoms with Gasteiger partial charge in [-0.2, -0.15) is 4.57 Å². The van der Waals surface area contributed by atoms with Gasteiger partial charge < -0.3 is 5.11 Å². The van der Waals surface area contributed by atoms with Gasteiger partial charge in [0.25, 0.3) is 0 Å². The summed E-state index contributed by atoms with van der Waals surface area (Å²) in [5, 5.41) is 12.8. The number of carbonyl (C=O) groups is 1. The van der Waals surface area contributed by atoms with Crippen molar-refractivity contribution in [3.63, 3.8) is 0 Å². The summed E-state index contributed by atoms with van der Waals surface area (Å²) < 4.78 is 1.70. The third-order valence-electron chi connectivity index (χ3n) is 4.81. The van der Waals surface area contributed by atoms with Crippen LogP contribution in [0.3, 0.4) is 0 Å². The maximum Gasteiger partial charge on any atom is 0.359 e. The van der Waals surface area contributed by atoms with Gasteiger partial charge in [0.2, 0.25) is 0 Å². The third kappa shape index (κ3) is 3.28. The fourth-order valence-electron chi connectivity index (χ4n) is 3.39. The first-order valence-corrected chi connectivity index (χ1v) is 9.13. The Morgan fingerprint density at radius 1 is 1.11 bits per heavy atom. The Balaban J connectivity index is 1.71. The van der Waals surface area contributed by atoms with Crippen LogP contribution in [0.2, 0.25) is 0 Å². The maximum atomic E-state index is 13.0. The molecule has 0 saturated heterocycles. The van der Waals surface area contributed by atoms with Crippen LogP contribution in [0.5, 0.6) is 5.75 Å². The lowest BCUT2D eigenvalue weighted by atomic mass is 10.1. The first-order valence-electron chi connectivity index (χ1n) is 9.13. The monoisotopic (exact) mass is 360 g/mol. The van der Waals surface area contributed by atoms with E-state index >= 15 is 0 Å². The van der Waals surface area contributed by atoms with Gasteiger partial charge in [-0.15, -0.1) is 0 Å². The molecule has 0 bridgehead atoms. The zero-order chi connectivity index (χ0) is 19.0. The van der Waals surface area contributed by atoms with E-state index in [-0.39, 0.29) is 23.6 Å². The standard InChI is InChI=1S/C22H21N3O2/c1-14(2)20-21-24-18(12-15-8-10-17(26)11-9-15)22(27)25(21)13-19(23-20)16-6-4-3-5-7-16/h3-11,13-14,18,26H,12H2,1-2H3/p+1. The lowest BCUT2D eigenvalue weighted by Crippen LogP contribution is -2.44. The van der Waals surface area contributed by atoms with Gasteiger partial charge in [-0.05, 0) is 17.7 Å². The second kappa shape index (κ2) is 6.83. The molecule has 136 valence electrons. The summed E-state index contributed by atoms with van der Waals surface area (Å²) >= 11 is 0. The summed E-state index contributed by atoms with van der Waals surface area (Å²) in [5.74, 6) is 1.20. The molecule has 0 radical (unpaired) electrons. The predicted octanol–water partition coefficient (Wildman–Crippen LogP) is 3.54. The minimum atomic E-state index is -0.347. The number of aromatic nitrogens is 2. The number of hydrogen-bond acceptors (Lipinski definition) is 4.